The lowest BCUT2D eigenvalue weighted by Crippen LogP contribution is -2.26. The molecule has 124 valence electrons. The Balaban J connectivity index is 2.02. The number of ether oxygens (including phenoxy) is 2. The molecule has 7 heteroatoms. The summed E-state index contributed by atoms with van der Waals surface area (Å²) in [6.45, 7) is 2.33. The van der Waals surface area contributed by atoms with Gasteiger partial charge in [0.15, 0.2) is 0 Å². The third-order valence-electron chi connectivity index (χ3n) is 3.48. The van der Waals surface area contributed by atoms with Crippen molar-refractivity contribution < 1.29 is 14.3 Å². The van der Waals surface area contributed by atoms with Gasteiger partial charge in [-0.05, 0) is 48.6 Å². The smallest absolute Gasteiger partial charge is 0.256 e. The monoisotopic (exact) mass is 335 g/mol. The van der Waals surface area contributed by atoms with Crippen molar-refractivity contribution in [1.82, 2.24) is 9.69 Å². The Morgan fingerprint density at radius 2 is 2.09 bits per heavy atom. The Morgan fingerprint density at radius 3 is 2.74 bits per heavy atom. The quantitative estimate of drug-likeness (QED) is 0.813. The summed E-state index contributed by atoms with van der Waals surface area (Å²) < 4.78 is 14.8. The van der Waals surface area contributed by atoms with Gasteiger partial charge in [0.2, 0.25) is 0 Å². The normalized spacial score (nSPS) is 10.3. The lowest BCUT2D eigenvalue weighted by Gasteiger charge is -2.11. The van der Waals surface area contributed by atoms with E-state index >= 15 is 0 Å². The molecule has 1 heterocycles. The number of nitrogens with zero attached hydrogens (tertiary/aromatic N) is 1. The van der Waals surface area contributed by atoms with Crippen LogP contribution in [0.2, 0.25) is 0 Å². The molecule has 0 aliphatic rings. The van der Waals surface area contributed by atoms with Crippen LogP contribution in [0.1, 0.15) is 21.6 Å². The number of methoxy groups -OCH3 is 2. The molecule has 6 nitrogen and oxygen atoms in total. The van der Waals surface area contributed by atoms with Gasteiger partial charge in [0.25, 0.3) is 5.91 Å². The van der Waals surface area contributed by atoms with Crippen LogP contribution in [0.5, 0.6) is 11.5 Å². The van der Waals surface area contributed by atoms with Crippen molar-refractivity contribution in [3.05, 3.63) is 35.0 Å². The number of hydrogen-bond donors (Lipinski definition) is 2. The number of aromatic nitrogens is 1. The van der Waals surface area contributed by atoms with Gasteiger partial charge < -0.3 is 20.1 Å². The van der Waals surface area contributed by atoms with Crippen LogP contribution in [0, 0.1) is 6.92 Å². The largest absolute Gasteiger partial charge is 0.497 e. The molecule has 2 N–H and O–H groups in total. The van der Waals surface area contributed by atoms with Crippen LogP contribution in [0.4, 0.5) is 5.00 Å². The topological polar surface area (TPSA) is 72.5 Å². The van der Waals surface area contributed by atoms with Gasteiger partial charge in [-0.3, -0.25) is 4.79 Å². The third-order valence-corrected chi connectivity index (χ3v) is 4.44. The van der Waals surface area contributed by atoms with Gasteiger partial charge in [0.05, 0.1) is 25.5 Å². The summed E-state index contributed by atoms with van der Waals surface area (Å²) in [5, 5.41) is 6.70. The van der Waals surface area contributed by atoms with Crippen molar-refractivity contribution in [3.63, 3.8) is 0 Å². The molecule has 0 fully saturated rings. The fourth-order valence-electron chi connectivity index (χ4n) is 2.28. The summed E-state index contributed by atoms with van der Waals surface area (Å²) in [4.78, 5) is 12.3. The van der Waals surface area contributed by atoms with Crippen molar-refractivity contribution in [2.75, 3.05) is 33.1 Å². The molecule has 0 radical (unpaired) electrons. The second-order valence-corrected chi connectivity index (χ2v) is 5.68. The average molecular weight is 335 g/mol. The molecule has 0 unspecified atom stereocenters. The van der Waals surface area contributed by atoms with E-state index in [1.54, 1.807) is 21.3 Å². The number of carbonyl (C=O) groups is 1. The zero-order valence-electron chi connectivity index (χ0n) is 13.7. The van der Waals surface area contributed by atoms with Crippen molar-refractivity contribution in [2.24, 2.45) is 0 Å². The third kappa shape index (κ3) is 3.92. The summed E-state index contributed by atoms with van der Waals surface area (Å²) in [6, 6.07) is 5.63. The maximum Gasteiger partial charge on any atom is 0.256 e. The zero-order chi connectivity index (χ0) is 16.8. The number of anilines is 1. The van der Waals surface area contributed by atoms with E-state index in [4.69, 9.17) is 9.47 Å². The van der Waals surface area contributed by atoms with Crippen LogP contribution < -0.4 is 20.1 Å². The van der Waals surface area contributed by atoms with E-state index in [9.17, 15) is 4.79 Å². The first-order valence-corrected chi connectivity index (χ1v) is 8.01. The zero-order valence-corrected chi connectivity index (χ0v) is 14.5. The minimum absolute atomic E-state index is 0.123. The van der Waals surface area contributed by atoms with Gasteiger partial charge in [-0.2, -0.15) is 4.37 Å². The van der Waals surface area contributed by atoms with Crippen LogP contribution in [0.25, 0.3) is 0 Å². The summed E-state index contributed by atoms with van der Waals surface area (Å²) >= 11 is 1.29. The SMILES string of the molecule is CNc1snc(C)c1C(=O)NCCc1cc(OC)ccc1OC. The maximum atomic E-state index is 12.3. The van der Waals surface area contributed by atoms with Gasteiger partial charge in [0.1, 0.15) is 16.5 Å². The van der Waals surface area contributed by atoms with Crippen molar-refractivity contribution in [1.29, 1.82) is 0 Å². The standard InChI is InChI=1S/C16H21N3O3S/c1-10-14(16(17-2)23-19-10)15(20)18-8-7-11-9-12(21-3)5-6-13(11)22-4/h5-6,9,17H,7-8H2,1-4H3,(H,18,20). The number of benzene rings is 1. The number of amides is 1. The van der Waals surface area contributed by atoms with E-state index < -0.39 is 0 Å². The Kier molecular flexibility index (Phi) is 5.81. The van der Waals surface area contributed by atoms with E-state index in [0.717, 1.165) is 27.8 Å². The number of carbonyl (C=O) groups excluding carboxylic acids is 1. The highest BCUT2D eigenvalue weighted by Crippen LogP contribution is 2.25. The molecule has 0 saturated heterocycles. The minimum atomic E-state index is -0.123. The molecular formula is C16H21N3O3S. The lowest BCUT2D eigenvalue weighted by molar-refractivity contribution is 0.0954. The first kappa shape index (κ1) is 17.1. The van der Waals surface area contributed by atoms with Crippen LogP contribution in [-0.4, -0.2) is 38.1 Å². The number of nitrogens with one attached hydrogen (secondary N) is 2. The summed E-state index contributed by atoms with van der Waals surface area (Å²) in [6.07, 6.45) is 0.650. The first-order chi connectivity index (χ1) is 11.1. The Morgan fingerprint density at radius 1 is 1.30 bits per heavy atom. The van der Waals surface area contributed by atoms with E-state index in [1.165, 1.54) is 11.5 Å². The van der Waals surface area contributed by atoms with Gasteiger partial charge in [-0.25, -0.2) is 0 Å². The molecular weight excluding hydrogens is 314 g/mol. The molecule has 0 bridgehead atoms. The highest BCUT2D eigenvalue weighted by atomic mass is 32.1. The van der Waals surface area contributed by atoms with Crippen molar-refractivity contribution >= 4 is 22.4 Å². The predicted octanol–water partition coefficient (Wildman–Crippen LogP) is 2.48. The number of aryl methyl sites for hydroxylation is 1. The van der Waals surface area contributed by atoms with E-state index in [1.807, 2.05) is 25.1 Å². The van der Waals surface area contributed by atoms with Gasteiger partial charge in [-0.15, -0.1) is 0 Å². The van der Waals surface area contributed by atoms with Crippen molar-refractivity contribution in [2.45, 2.75) is 13.3 Å². The van der Waals surface area contributed by atoms with Gasteiger partial charge in [0, 0.05) is 13.6 Å². The van der Waals surface area contributed by atoms with Gasteiger partial charge >= 0.3 is 0 Å². The molecule has 0 aliphatic heterocycles. The van der Waals surface area contributed by atoms with E-state index in [-0.39, 0.29) is 5.91 Å². The highest BCUT2D eigenvalue weighted by Gasteiger charge is 2.17. The fraction of sp³-hybridized carbons (Fsp3) is 0.375. The van der Waals surface area contributed by atoms with Crippen LogP contribution >= 0.6 is 11.5 Å². The molecule has 1 aromatic carbocycles. The van der Waals surface area contributed by atoms with Gasteiger partial charge in [-0.1, -0.05) is 0 Å². The van der Waals surface area contributed by atoms with Crippen LogP contribution in [0.3, 0.4) is 0 Å². The molecule has 2 aromatic rings. The van der Waals surface area contributed by atoms with E-state index in [2.05, 4.69) is 15.0 Å². The molecule has 23 heavy (non-hydrogen) atoms. The van der Waals surface area contributed by atoms with Crippen molar-refractivity contribution in [3.8, 4) is 11.5 Å². The average Bonchev–Trinajstić information content (AvgIpc) is 2.95. The lowest BCUT2D eigenvalue weighted by atomic mass is 10.1. The minimum Gasteiger partial charge on any atom is -0.497 e. The molecule has 0 saturated carbocycles. The molecule has 0 aliphatic carbocycles. The van der Waals surface area contributed by atoms with Crippen LogP contribution in [0.15, 0.2) is 18.2 Å². The number of hydrogen-bond acceptors (Lipinski definition) is 6. The summed E-state index contributed by atoms with van der Waals surface area (Å²) in [5.41, 5.74) is 2.33. The molecule has 1 amide bonds. The predicted molar refractivity (Wildman–Crippen MR) is 92.0 cm³/mol. The number of rotatable bonds is 7. The summed E-state index contributed by atoms with van der Waals surface area (Å²) in [5.74, 6) is 1.43. The first-order valence-electron chi connectivity index (χ1n) is 7.23. The fourth-order valence-corrected chi connectivity index (χ4v) is 3.03. The maximum absolute atomic E-state index is 12.3. The Hall–Kier alpha value is -2.28. The molecule has 1 aromatic heterocycles. The molecule has 2 rings (SSSR count). The van der Waals surface area contributed by atoms with Crippen LogP contribution in [-0.2, 0) is 6.42 Å². The summed E-state index contributed by atoms with van der Waals surface area (Å²) in [7, 11) is 5.04. The second-order valence-electron chi connectivity index (χ2n) is 4.91. The second kappa shape index (κ2) is 7.82. The highest BCUT2D eigenvalue weighted by molar-refractivity contribution is 7.10. The van der Waals surface area contributed by atoms with E-state index in [0.29, 0.717) is 18.5 Å². The Bertz CT molecular complexity index is 685. The Labute approximate surface area is 140 Å². The molecule has 0 atom stereocenters. The molecule has 0 spiro atoms.